The summed E-state index contributed by atoms with van der Waals surface area (Å²) in [6.07, 6.45) is 2.18. The van der Waals surface area contributed by atoms with Gasteiger partial charge in [0.2, 0.25) is 0 Å². The summed E-state index contributed by atoms with van der Waals surface area (Å²) in [4.78, 5) is 28.2. The average Bonchev–Trinajstić information content (AvgIpc) is 3.13. The van der Waals surface area contributed by atoms with Gasteiger partial charge in [0.05, 0.1) is 0 Å². The number of furan rings is 1. The van der Waals surface area contributed by atoms with Crippen LogP contribution in [0.5, 0.6) is 0 Å². The van der Waals surface area contributed by atoms with Crippen molar-refractivity contribution in [3.63, 3.8) is 0 Å². The van der Waals surface area contributed by atoms with Crippen molar-refractivity contribution < 1.29 is 18.7 Å². The van der Waals surface area contributed by atoms with Gasteiger partial charge in [-0.1, -0.05) is 0 Å². The number of carbonyl (C=O) groups excluding carboxylic acids is 2. The van der Waals surface area contributed by atoms with Crippen molar-refractivity contribution in [2.24, 2.45) is 0 Å². The van der Waals surface area contributed by atoms with E-state index < -0.39 is 0 Å². The second-order valence-corrected chi connectivity index (χ2v) is 5.95. The normalized spacial score (nSPS) is 22.7. The van der Waals surface area contributed by atoms with Gasteiger partial charge in [0.1, 0.15) is 6.10 Å². The molecule has 22 heavy (non-hydrogen) atoms. The minimum Gasteiger partial charge on any atom is -0.440 e. The Balaban J connectivity index is 1.59. The molecule has 120 valence electrons. The van der Waals surface area contributed by atoms with Gasteiger partial charge in [0, 0.05) is 32.8 Å². The second kappa shape index (κ2) is 6.71. The maximum atomic E-state index is 12.4. The first kappa shape index (κ1) is 15.4. The van der Waals surface area contributed by atoms with Crippen LogP contribution in [0.25, 0.3) is 0 Å². The van der Waals surface area contributed by atoms with Crippen molar-refractivity contribution in [3.8, 4) is 0 Å². The Morgan fingerprint density at radius 2 is 1.86 bits per heavy atom. The molecule has 3 heterocycles. The van der Waals surface area contributed by atoms with E-state index in [1.807, 2.05) is 0 Å². The molecule has 1 atom stereocenters. The maximum absolute atomic E-state index is 12.4. The van der Waals surface area contributed by atoms with Crippen LogP contribution in [0.2, 0.25) is 5.22 Å². The molecule has 0 spiro atoms. The number of halogens is 1. The van der Waals surface area contributed by atoms with Crippen LogP contribution < -0.4 is 0 Å². The highest BCUT2D eigenvalue weighted by Crippen LogP contribution is 2.18. The zero-order valence-electron chi connectivity index (χ0n) is 12.3. The molecule has 0 radical (unpaired) electrons. The van der Waals surface area contributed by atoms with Gasteiger partial charge in [0.15, 0.2) is 11.0 Å². The number of hydrogen-bond acceptors (Lipinski definition) is 4. The Morgan fingerprint density at radius 3 is 2.55 bits per heavy atom. The topological polar surface area (TPSA) is 63.0 Å². The van der Waals surface area contributed by atoms with E-state index in [1.165, 1.54) is 0 Å². The number of carbonyl (C=O) groups is 2. The van der Waals surface area contributed by atoms with Gasteiger partial charge in [0.25, 0.3) is 11.8 Å². The summed E-state index contributed by atoms with van der Waals surface area (Å²) in [5.74, 6) is 0.107. The minimum atomic E-state index is -0.300. The number of ether oxygens (including phenoxy) is 1. The SMILES string of the molecule is O=C(c1ccc(Cl)o1)N1CCCN(C(=O)[C@H]2CCCO2)CC1. The van der Waals surface area contributed by atoms with Crippen molar-refractivity contribution in [2.45, 2.75) is 25.4 Å². The molecule has 2 fully saturated rings. The van der Waals surface area contributed by atoms with Crippen molar-refractivity contribution >= 4 is 23.4 Å². The van der Waals surface area contributed by atoms with Gasteiger partial charge in [-0.15, -0.1) is 0 Å². The van der Waals surface area contributed by atoms with E-state index in [9.17, 15) is 9.59 Å². The Bertz CT molecular complexity index is 553. The van der Waals surface area contributed by atoms with Gasteiger partial charge < -0.3 is 19.0 Å². The number of amides is 2. The monoisotopic (exact) mass is 326 g/mol. The van der Waals surface area contributed by atoms with Gasteiger partial charge in [-0.3, -0.25) is 9.59 Å². The zero-order chi connectivity index (χ0) is 15.5. The number of hydrogen-bond donors (Lipinski definition) is 0. The molecule has 2 amide bonds. The molecule has 3 rings (SSSR count). The molecule has 0 N–H and O–H groups in total. The molecule has 0 aromatic carbocycles. The summed E-state index contributed by atoms with van der Waals surface area (Å²) < 4.78 is 10.6. The molecule has 2 saturated heterocycles. The average molecular weight is 327 g/mol. The van der Waals surface area contributed by atoms with E-state index >= 15 is 0 Å². The molecule has 1 aromatic rings. The van der Waals surface area contributed by atoms with E-state index in [-0.39, 0.29) is 28.9 Å². The molecular weight excluding hydrogens is 308 g/mol. The molecule has 1 aromatic heterocycles. The van der Waals surface area contributed by atoms with E-state index in [0.717, 1.165) is 19.3 Å². The molecular formula is C15H19ClN2O4. The molecule has 0 aliphatic carbocycles. The van der Waals surface area contributed by atoms with Gasteiger partial charge in [-0.05, 0) is 43.0 Å². The van der Waals surface area contributed by atoms with Crippen LogP contribution in [0.4, 0.5) is 0 Å². The standard InChI is InChI=1S/C15H19ClN2O4/c16-13-5-4-12(22-13)15(20)18-7-2-6-17(8-9-18)14(19)11-3-1-10-21-11/h4-5,11H,1-3,6-10H2/t11-/m1/s1. The molecule has 0 unspecified atom stereocenters. The maximum Gasteiger partial charge on any atom is 0.289 e. The second-order valence-electron chi connectivity index (χ2n) is 5.58. The lowest BCUT2D eigenvalue weighted by Crippen LogP contribution is -2.41. The fraction of sp³-hybridized carbons (Fsp3) is 0.600. The lowest BCUT2D eigenvalue weighted by atomic mass is 10.2. The van der Waals surface area contributed by atoms with Crippen LogP contribution in [0.15, 0.2) is 16.5 Å². The van der Waals surface area contributed by atoms with Crippen molar-refractivity contribution in [1.29, 1.82) is 0 Å². The molecule has 0 saturated carbocycles. The molecule has 2 aliphatic heterocycles. The summed E-state index contributed by atoms with van der Waals surface area (Å²) in [6, 6.07) is 3.13. The van der Waals surface area contributed by atoms with Crippen LogP contribution in [-0.2, 0) is 9.53 Å². The molecule has 6 nitrogen and oxygen atoms in total. The molecule has 0 bridgehead atoms. The zero-order valence-corrected chi connectivity index (χ0v) is 13.1. The predicted octanol–water partition coefficient (Wildman–Crippen LogP) is 1.79. The number of nitrogens with zero attached hydrogens (tertiary/aromatic N) is 2. The van der Waals surface area contributed by atoms with Crippen LogP contribution in [0.1, 0.15) is 29.8 Å². The highest BCUT2D eigenvalue weighted by molar-refractivity contribution is 6.29. The van der Waals surface area contributed by atoms with Gasteiger partial charge >= 0.3 is 0 Å². The van der Waals surface area contributed by atoms with Crippen molar-refractivity contribution in [1.82, 2.24) is 9.80 Å². The molecule has 2 aliphatic rings. The largest absolute Gasteiger partial charge is 0.440 e. The third kappa shape index (κ3) is 3.28. The third-order valence-electron chi connectivity index (χ3n) is 4.08. The van der Waals surface area contributed by atoms with Crippen molar-refractivity contribution in [3.05, 3.63) is 23.1 Å². The quantitative estimate of drug-likeness (QED) is 0.831. The van der Waals surface area contributed by atoms with E-state index in [0.29, 0.717) is 32.8 Å². The first-order valence-electron chi connectivity index (χ1n) is 7.60. The highest BCUT2D eigenvalue weighted by Gasteiger charge is 2.30. The Hall–Kier alpha value is -1.53. The Kier molecular flexibility index (Phi) is 4.69. The van der Waals surface area contributed by atoms with Gasteiger partial charge in [-0.2, -0.15) is 0 Å². The van der Waals surface area contributed by atoms with Crippen LogP contribution in [0.3, 0.4) is 0 Å². The van der Waals surface area contributed by atoms with Crippen LogP contribution >= 0.6 is 11.6 Å². The van der Waals surface area contributed by atoms with E-state index in [4.69, 9.17) is 20.8 Å². The van der Waals surface area contributed by atoms with Crippen LogP contribution in [-0.4, -0.2) is 60.5 Å². The van der Waals surface area contributed by atoms with Crippen LogP contribution in [0, 0.1) is 0 Å². The Labute approximate surface area is 133 Å². The van der Waals surface area contributed by atoms with E-state index in [1.54, 1.807) is 21.9 Å². The first-order chi connectivity index (χ1) is 10.6. The fourth-order valence-electron chi connectivity index (χ4n) is 2.90. The third-order valence-corrected chi connectivity index (χ3v) is 4.29. The summed E-state index contributed by atoms with van der Waals surface area (Å²) in [5.41, 5.74) is 0. The molecule has 7 heteroatoms. The summed E-state index contributed by atoms with van der Waals surface area (Å²) in [6.45, 7) is 2.94. The Morgan fingerprint density at radius 1 is 1.09 bits per heavy atom. The lowest BCUT2D eigenvalue weighted by molar-refractivity contribution is -0.140. The lowest BCUT2D eigenvalue weighted by Gasteiger charge is -2.24. The minimum absolute atomic E-state index is 0.0489. The fourth-order valence-corrected chi connectivity index (χ4v) is 3.05. The first-order valence-corrected chi connectivity index (χ1v) is 7.98. The summed E-state index contributed by atoms with van der Waals surface area (Å²) in [5, 5.41) is 0.202. The summed E-state index contributed by atoms with van der Waals surface area (Å²) in [7, 11) is 0. The predicted molar refractivity (Wildman–Crippen MR) is 79.8 cm³/mol. The van der Waals surface area contributed by atoms with Gasteiger partial charge in [-0.25, -0.2) is 0 Å². The number of rotatable bonds is 2. The van der Waals surface area contributed by atoms with E-state index in [2.05, 4.69) is 0 Å². The summed E-state index contributed by atoms with van der Waals surface area (Å²) >= 11 is 5.71. The van der Waals surface area contributed by atoms with Crippen molar-refractivity contribution in [2.75, 3.05) is 32.8 Å². The highest BCUT2D eigenvalue weighted by atomic mass is 35.5. The smallest absolute Gasteiger partial charge is 0.289 e.